The molecule has 2 nitrogen and oxygen atoms in total. The van der Waals surface area contributed by atoms with Crippen molar-refractivity contribution in [1.29, 1.82) is 0 Å². The summed E-state index contributed by atoms with van der Waals surface area (Å²) in [5.41, 5.74) is 1.04. The summed E-state index contributed by atoms with van der Waals surface area (Å²) in [4.78, 5) is 4.00. The smallest absolute Gasteiger partial charge is 0.144 e. The van der Waals surface area contributed by atoms with E-state index in [-0.39, 0.29) is 0 Å². The molecule has 0 radical (unpaired) electrons. The number of aryl methyl sites for hydroxylation is 1. The van der Waals surface area contributed by atoms with Gasteiger partial charge < -0.3 is 0 Å². The summed E-state index contributed by atoms with van der Waals surface area (Å²) < 4.78 is 5.10. The summed E-state index contributed by atoms with van der Waals surface area (Å²) in [7, 11) is 4.89. The van der Waals surface area contributed by atoms with E-state index in [1.165, 1.54) is 10.5 Å². The highest BCUT2D eigenvalue weighted by Gasteiger charge is 1.88. The molecule has 44 valence electrons. The van der Waals surface area contributed by atoms with Crippen LogP contribution in [0, 0.1) is 6.92 Å². The Hall–Kier alpha value is -0.220. The first-order valence-corrected chi connectivity index (χ1v) is 4.30. The van der Waals surface area contributed by atoms with E-state index in [0.29, 0.717) is 0 Å². The lowest BCUT2D eigenvalue weighted by Crippen LogP contribution is -1.95. The fraction of sp³-hybridized carbons (Fsp3) is 0.500. The van der Waals surface area contributed by atoms with Crippen LogP contribution in [-0.2, 0) is 0 Å². The van der Waals surface area contributed by atoms with E-state index >= 15 is 0 Å². The Morgan fingerprint density at radius 2 is 2.38 bits per heavy atom. The van der Waals surface area contributed by atoms with Crippen molar-refractivity contribution in [3.8, 4) is 0 Å². The lowest BCUT2D eigenvalue weighted by molar-refractivity contribution is 1.22. The molecule has 0 aliphatic carbocycles. The summed E-state index contributed by atoms with van der Waals surface area (Å²) >= 11 is 0. The lowest BCUT2D eigenvalue weighted by Gasteiger charge is -1.71. The first-order valence-electron chi connectivity index (χ1n) is 2.20. The predicted octanol–water partition coefficient (Wildman–Crippen LogP) is 1.04. The molecule has 1 rings (SSSR count). The molecule has 0 unspecified atom stereocenters. The summed E-state index contributed by atoms with van der Waals surface area (Å²) in [5.74, 6) is 0. The highest BCUT2D eigenvalue weighted by atomic mass is 32.9. The standard InChI is InChI=1S/C4H6N2S2/c1-3-4(5-2)7-8-6-3/h1-2H3. The summed E-state index contributed by atoms with van der Waals surface area (Å²) in [6.07, 6.45) is 0. The molecule has 0 aliphatic heterocycles. The molecule has 0 N–H and O–H groups in total. The van der Waals surface area contributed by atoms with Gasteiger partial charge in [0.2, 0.25) is 0 Å². The van der Waals surface area contributed by atoms with Gasteiger partial charge in [-0.3, -0.25) is 4.99 Å². The van der Waals surface area contributed by atoms with Crippen LogP contribution in [0.15, 0.2) is 4.99 Å². The molecular weight excluding hydrogens is 140 g/mol. The third kappa shape index (κ3) is 0.952. The van der Waals surface area contributed by atoms with Crippen molar-refractivity contribution in [3.63, 3.8) is 0 Å². The van der Waals surface area contributed by atoms with Crippen molar-refractivity contribution < 1.29 is 0 Å². The molecule has 8 heavy (non-hydrogen) atoms. The van der Waals surface area contributed by atoms with Gasteiger partial charge in [0.1, 0.15) is 4.67 Å². The minimum absolute atomic E-state index is 1.04. The molecular formula is C4H6N2S2. The number of hydrogen-bond donors (Lipinski definition) is 0. The minimum atomic E-state index is 1.04. The third-order valence-electron chi connectivity index (χ3n) is 0.803. The van der Waals surface area contributed by atoms with Crippen molar-refractivity contribution in [3.05, 3.63) is 10.4 Å². The van der Waals surface area contributed by atoms with Gasteiger partial charge in [-0.2, -0.15) is 4.37 Å². The Bertz CT molecular complexity index is 222. The van der Waals surface area contributed by atoms with E-state index in [1.54, 1.807) is 17.4 Å². The molecule has 1 aromatic heterocycles. The summed E-state index contributed by atoms with van der Waals surface area (Å²) in [6, 6.07) is 0. The number of hydrogen-bond acceptors (Lipinski definition) is 4. The van der Waals surface area contributed by atoms with E-state index in [2.05, 4.69) is 9.37 Å². The molecule has 0 saturated carbocycles. The van der Waals surface area contributed by atoms with E-state index < -0.39 is 0 Å². The topological polar surface area (TPSA) is 25.2 Å². The second-order valence-electron chi connectivity index (χ2n) is 1.36. The zero-order valence-electron chi connectivity index (χ0n) is 4.71. The molecule has 0 bridgehead atoms. The third-order valence-corrected chi connectivity index (χ3v) is 2.78. The van der Waals surface area contributed by atoms with Crippen LogP contribution in [-0.4, -0.2) is 11.4 Å². The second kappa shape index (κ2) is 2.37. The van der Waals surface area contributed by atoms with Gasteiger partial charge in [-0.1, -0.05) is 0 Å². The Morgan fingerprint density at radius 3 is 2.62 bits per heavy atom. The molecule has 1 heterocycles. The number of nitrogens with zero attached hydrogens (tertiary/aromatic N) is 2. The molecule has 0 saturated heterocycles. The average Bonchev–Trinajstić information content (AvgIpc) is 2.14. The van der Waals surface area contributed by atoms with Crippen molar-refractivity contribution in [2.45, 2.75) is 6.92 Å². The highest BCUT2D eigenvalue weighted by Crippen LogP contribution is 1.96. The fourth-order valence-corrected chi connectivity index (χ4v) is 2.26. The van der Waals surface area contributed by atoms with Gasteiger partial charge in [-0.05, 0) is 17.3 Å². The summed E-state index contributed by atoms with van der Waals surface area (Å²) in [6.45, 7) is 1.97. The Balaban J connectivity index is 3.31. The molecule has 0 aliphatic rings. The zero-order valence-corrected chi connectivity index (χ0v) is 6.34. The van der Waals surface area contributed by atoms with Gasteiger partial charge in [0, 0.05) is 17.6 Å². The first kappa shape index (κ1) is 5.91. The van der Waals surface area contributed by atoms with Crippen molar-refractivity contribution in [1.82, 2.24) is 4.37 Å². The zero-order chi connectivity index (χ0) is 5.98. The monoisotopic (exact) mass is 146 g/mol. The molecule has 4 heteroatoms. The van der Waals surface area contributed by atoms with E-state index in [9.17, 15) is 0 Å². The van der Waals surface area contributed by atoms with Crippen LogP contribution in [0.3, 0.4) is 0 Å². The molecule has 0 amide bonds. The normalized spacial score (nSPS) is 12.5. The molecule has 0 spiro atoms. The molecule has 0 aromatic carbocycles. The van der Waals surface area contributed by atoms with Crippen molar-refractivity contribution >= 4 is 20.9 Å². The molecule has 0 fully saturated rings. The van der Waals surface area contributed by atoms with Crippen LogP contribution in [0.5, 0.6) is 0 Å². The SMILES string of the molecule is CN=c1ssnc1C. The largest absolute Gasteiger partial charge is 0.275 e. The van der Waals surface area contributed by atoms with Gasteiger partial charge in [0.15, 0.2) is 0 Å². The van der Waals surface area contributed by atoms with Crippen LogP contribution < -0.4 is 4.67 Å². The Labute approximate surface area is 55.1 Å². The second-order valence-corrected chi connectivity index (χ2v) is 3.20. The van der Waals surface area contributed by atoms with Crippen molar-refractivity contribution in [2.24, 2.45) is 4.99 Å². The van der Waals surface area contributed by atoms with Gasteiger partial charge >= 0.3 is 0 Å². The minimum Gasteiger partial charge on any atom is -0.275 e. The van der Waals surface area contributed by atoms with Crippen LogP contribution in [0.4, 0.5) is 0 Å². The van der Waals surface area contributed by atoms with Crippen molar-refractivity contribution in [2.75, 3.05) is 7.05 Å². The lowest BCUT2D eigenvalue weighted by atomic mass is 10.6. The van der Waals surface area contributed by atoms with E-state index in [0.717, 1.165) is 10.4 Å². The van der Waals surface area contributed by atoms with Gasteiger partial charge in [0.05, 0.1) is 5.69 Å². The van der Waals surface area contributed by atoms with Crippen LogP contribution in [0.2, 0.25) is 0 Å². The van der Waals surface area contributed by atoms with Gasteiger partial charge in [0.25, 0.3) is 0 Å². The Morgan fingerprint density at radius 1 is 1.62 bits per heavy atom. The molecule has 1 aromatic rings. The maximum atomic E-state index is 4.05. The number of rotatable bonds is 0. The first-order chi connectivity index (χ1) is 3.84. The van der Waals surface area contributed by atoms with E-state index in [1.807, 2.05) is 6.92 Å². The average molecular weight is 146 g/mol. The quantitative estimate of drug-likeness (QED) is 0.502. The maximum Gasteiger partial charge on any atom is 0.144 e. The number of aromatic nitrogens is 1. The Kier molecular flexibility index (Phi) is 1.75. The van der Waals surface area contributed by atoms with Gasteiger partial charge in [-0.25, -0.2) is 0 Å². The van der Waals surface area contributed by atoms with Crippen LogP contribution >= 0.6 is 20.9 Å². The predicted molar refractivity (Wildman–Crippen MR) is 36.2 cm³/mol. The van der Waals surface area contributed by atoms with Crippen LogP contribution in [0.1, 0.15) is 5.69 Å². The maximum absolute atomic E-state index is 4.05. The van der Waals surface area contributed by atoms with Gasteiger partial charge in [-0.15, -0.1) is 0 Å². The molecule has 0 atom stereocenters. The van der Waals surface area contributed by atoms with Crippen LogP contribution in [0.25, 0.3) is 0 Å². The summed E-state index contributed by atoms with van der Waals surface area (Å²) in [5, 5.41) is 0. The van der Waals surface area contributed by atoms with E-state index in [4.69, 9.17) is 0 Å². The fourth-order valence-electron chi connectivity index (χ4n) is 0.408. The highest BCUT2D eigenvalue weighted by molar-refractivity contribution is 7.65.